The van der Waals surface area contributed by atoms with Crippen LogP contribution in [0, 0.1) is 0 Å². The zero-order valence-corrected chi connectivity index (χ0v) is 17.1. The van der Waals surface area contributed by atoms with E-state index in [2.05, 4.69) is 39.0 Å². The molecule has 0 saturated heterocycles. The summed E-state index contributed by atoms with van der Waals surface area (Å²) < 4.78 is 7.19. The second-order valence-electron chi connectivity index (χ2n) is 7.25. The molecule has 9 nitrogen and oxygen atoms in total. The molecule has 4 heterocycles. The van der Waals surface area contributed by atoms with Crippen molar-refractivity contribution in [2.45, 2.75) is 39.0 Å². The van der Waals surface area contributed by atoms with Gasteiger partial charge in [-0.3, -0.25) is 14.2 Å². The molecule has 0 amide bonds. The van der Waals surface area contributed by atoms with Crippen molar-refractivity contribution >= 4 is 11.6 Å². The molecular weight excluding hydrogens is 382 g/mol. The summed E-state index contributed by atoms with van der Waals surface area (Å²) in [6.45, 7) is 6.18. The van der Waals surface area contributed by atoms with Crippen LogP contribution in [0.5, 0.6) is 0 Å². The Bertz CT molecular complexity index is 1140. The molecule has 154 valence electrons. The van der Waals surface area contributed by atoms with Crippen molar-refractivity contribution in [3.63, 3.8) is 0 Å². The number of H-pyrrole nitrogens is 1. The van der Waals surface area contributed by atoms with Crippen molar-refractivity contribution in [2.75, 3.05) is 6.61 Å². The van der Waals surface area contributed by atoms with E-state index in [1.165, 1.54) is 0 Å². The maximum atomic E-state index is 12.8. The number of nitrogens with zero attached hydrogens (tertiary/aromatic N) is 6. The minimum atomic E-state index is -0.635. The van der Waals surface area contributed by atoms with Crippen molar-refractivity contribution < 1.29 is 9.53 Å². The molecule has 0 aliphatic heterocycles. The lowest BCUT2D eigenvalue weighted by atomic mass is 10.0. The maximum absolute atomic E-state index is 12.8. The topological polar surface area (TPSA) is 111 Å². The fraction of sp³-hybridized carbons (Fsp3) is 0.333. The molecular formula is C21H23N7O2. The Kier molecular flexibility index (Phi) is 5.51. The summed E-state index contributed by atoms with van der Waals surface area (Å²) in [7, 11) is 0. The SMILES string of the molecule is CCOC(=O)C(Cc1cnc[nH]1)c1nnc2c(C(C)C)nc(-c3cccnc3)cn12. The highest BCUT2D eigenvalue weighted by Gasteiger charge is 2.29. The van der Waals surface area contributed by atoms with Gasteiger partial charge in [0.2, 0.25) is 0 Å². The van der Waals surface area contributed by atoms with Crippen LogP contribution in [0.15, 0.2) is 43.2 Å². The van der Waals surface area contributed by atoms with Crippen LogP contribution in [-0.2, 0) is 16.0 Å². The predicted molar refractivity (Wildman–Crippen MR) is 110 cm³/mol. The molecule has 1 atom stereocenters. The van der Waals surface area contributed by atoms with Crippen LogP contribution < -0.4 is 0 Å². The van der Waals surface area contributed by atoms with E-state index >= 15 is 0 Å². The van der Waals surface area contributed by atoms with Crippen molar-refractivity contribution in [3.05, 3.63) is 60.5 Å². The molecule has 0 bridgehead atoms. The van der Waals surface area contributed by atoms with Crippen LogP contribution in [0.4, 0.5) is 0 Å². The summed E-state index contributed by atoms with van der Waals surface area (Å²) in [5.74, 6) is -0.362. The molecule has 0 radical (unpaired) electrons. The number of hydrogen-bond donors (Lipinski definition) is 1. The Balaban J connectivity index is 1.88. The van der Waals surface area contributed by atoms with Gasteiger partial charge in [-0.25, -0.2) is 9.97 Å². The first kappa shape index (κ1) is 19.7. The summed E-state index contributed by atoms with van der Waals surface area (Å²) >= 11 is 0. The zero-order chi connectivity index (χ0) is 21.1. The number of rotatable bonds is 7. The maximum Gasteiger partial charge on any atom is 0.317 e. The lowest BCUT2D eigenvalue weighted by Gasteiger charge is -2.15. The van der Waals surface area contributed by atoms with Gasteiger partial charge in [0.15, 0.2) is 11.5 Å². The number of carbonyl (C=O) groups excluding carboxylic acids is 1. The van der Waals surface area contributed by atoms with Gasteiger partial charge in [0, 0.05) is 42.5 Å². The predicted octanol–water partition coefficient (Wildman–Crippen LogP) is 2.92. The molecule has 0 spiro atoms. The third kappa shape index (κ3) is 3.78. The van der Waals surface area contributed by atoms with E-state index in [1.54, 1.807) is 31.8 Å². The number of nitrogens with one attached hydrogen (secondary N) is 1. The summed E-state index contributed by atoms with van der Waals surface area (Å²) in [6, 6.07) is 3.81. The lowest BCUT2D eigenvalue weighted by Crippen LogP contribution is -2.21. The van der Waals surface area contributed by atoms with Crippen LogP contribution >= 0.6 is 0 Å². The monoisotopic (exact) mass is 405 g/mol. The Morgan fingerprint density at radius 2 is 2.10 bits per heavy atom. The van der Waals surface area contributed by atoms with Gasteiger partial charge in [-0.05, 0) is 25.0 Å². The molecule has 0 aromatic carbocycles. The smallest absolute Gasteiger partial charge is 0.317 e. The molecule has 0 aliphatic carbocycles. The Morgan fingerprint density at radius 1 is 1.23 bits per heavy atom. The van der Waals surface area contributed by atoms with Gasteiger partial charge >= 0.3 is 5.97 Å². The summed E-state index contributed by atoms with van der Waals surface area (Å²) in [6.07, 6.45) is 8.98. The van der Waals surface area contributed by atoms with Crippen molar-refractivity contribution in [1.29, 1.82) is 0 Å². The first-order chi connectivity index (χ1) is 14.6. The minimum Gasteiger partial charge on any atom is -0.465 e. The molecule has 1 unspecified atom stereocenters. The molecule has 9 heteroatoms. The number of pyridine rings is 1. The third-order valence-corrected chi connectivity index (χ3v) is 4.81. The van der Waals surface area contributed by atoms with Gasteiger partial charge in [-0.1, -0.05) is 13.8 Å². The lowest BCUT2D eigenvalue weighted by molar-refractivity contribution is -0.145. The van der Waals surface area contributed by atoms with Crippen molar-refractivity contribution in [3.8, 4) is 11.3 Å². The van der Waals surface area contributed by atoms with Gasteiger partial charge in [0.25, 0.3) is 0 Å². The van der Waals surface area contributed by atoms with E-state index in [-0.39, 0.29) is 18.5 Å². The van der Waals surface area contributed by atoms with Gasteiger partial charge < -0.3 is 9.72 Å². The number of ether oxygens (including phenoxy) is 1. The Morgan fingerprint density at radius 3 is 2.77 bits per heavy atom. The summed E-state index contributed by atoms with van der Waals surface area (Å²) in [5.41, 5.74) is 3.87. The van der Waals surface area contributed by atoms with Crippen LogP contribution in [0.1, 0.15) is 49.8 Å². The fourth-order valence-electron chi connectivity index (χ4n) is 3.35. The number of imidazole rings is 1. The number of aromatic amines is 1. The second kappa shape index (κ2) is 8.40. The van der Waals surface area contributed by atoms with E-state index in [0.717, 1.165) is 22.6 Å². The minimum absolute atomic E-state index is 0.120. The van der Waals surface area contributed by atoms with Crippen LogP contribution in [0.3, 0.4) is 0 Å². The quantitative estimate of drug-likeness (QED) is 0.471. The average molecular weight is 405 g/mol. The molecule has 30 heavy (non-hydrogen) atoms. The highest BCUT2D eigenvalue weighted by molar-refractivity contribution is 5.78. The normalized spacial score (nSPS) is 12.4. The van der Waals surface area contributed by atoms with E-state index < -0.39 is 5.92 Å². The third-order valence-electron chi connectivity index (χ3n) is 4.81. The molecule has 4 aromatic rings. The Labute approximate surface area is 173 Å². The second-order valence-corrected chi connectivity index (χ2v) is 7.25. The first-order valence-corrected chi connectivity index (χ1v) is 9.88. The van der Waals surface area contributed by atoms with Gasteiger partial charge in [0.05, 0.1) is 24.3 Å². The average Bonchev–Trinajstić information content (AvgIpc) is 3.41. The van der Waals surface area contributed by atoms with E-state index in [9.17, 15) is 4.79 Å². The standard InChI is InChI=1S/C21H23N7O2/c1-4-30-21(29)16(8-15-10-23-12-24-15)19-26-27-20-18(13(2)3)25-17(11-28(19)20)14-6-5-7-22-9-14/h5-7,9-13,16H,4,8H2,1-3H3,(H,23,24). The molecule has 0 saturated carbocycles. The van der Waals surface area contributed by atoms with Crippen LogP contribution in [0.2, 0.25) is 0 Å². The van der Waals surface area contributed by atoms with Crippen LogP contribution in [-0.4, -0.2) is 47.1 Å². The number of hydrogen-bond acceptors (Lipinski definition) is 7. The van der Waals surface area contributed by atoms with E-state index in [4.69, 9.17) is 9.72 Å². The van der Waals surface area contributed by atoms with E-state index in [1.807, 2.05) is 22.7 Å². The summed E-state index contributed by atoms with van der Waals surface area (Å²) in [4.78, 5) is 28.9. The molecule has 0 fully saturated rings. The number of esters is 1. The fourth-order valence-corrected chi connectivity index (χ4v) is 3.35. The molecule has 4 aromatic heterocycles. The first-order valence-electron chi connectivity index (χ1n) is 9.88. The largest absolute Gasteiger partial charge is 0.465 e. The van der Waals surface area contributed by atoms with E-state index in [0.29, 0.717) is 17.9 Å². The van der Waals surface area contributed by atoms with Gasteiger partial charge in [0.1, 0.15) is 5.92 Å². The Hall–Kier alpha value is -3.62. The number of fused-ring (bicyclic) bond motifs is 1. The number of aromatic nitrogens is 7. The van der Waals surface area contributed by atoms with Crippen molar-refractivity contribution in [1.82, 2.24) is 34.5 Å². The molecule has 0 aliphatic rings. The van der Waals surface area contributed by atoms with Crippen LogP contribution in [0.25, 0.3) is 16.9 Å². The number of carbonyl (C=O) groups is 1. The molecule has 4 rings (SSSR count). The van der Waals surface area contributed by atoms with Gasteiger partial charge in [-0.2, -0.15) is 0 Å². The van der Waals surface area contributed by atoms with Crippen molar-refractivity contribution in [2.24, 2.45) is 0 Å². The highest BCUT2D eigenvalue weighted by Crippen LogP contribution is 2.27. The highest BCUT2D eigenvalue weighted by atomic mass is 16.5. The zero-order valence-electron chi connectivity index (χ0n) is 17.1. The van der Waals surface area contributed by atoms with Gasteiger partial charge in [-0.15, -0.1) is 10.2 Å². The summed E-state index contributed by atoms with van der Waals surface area (Å²) in [5, 5.41) is 8.75. The molecule has 1 N–H and O–H groups in total.